The lowest BCUT2D eigenvalue weighted by atomic mass is 10.1. The van der Waals surface area contributed by atoms with E-state index in [-0.39, 0.29) is 23.8 Å². The fourth-order valence-electron chi connectivity index (χ4n) is 2.93. The molecule has 0 radical (unpaired) electrons. The summed E-state index contributed by atoms with van der Waals surface area (Å²) in [5.74, 6) is 0.710. The van der Waals surface area contributed by atoms with Crippen molar-refractivity contribution in [2.75, 3.05) is 11.1 Å². The molecule has 1 heterocycles. The molecule has 0 atom stereocenters. The molecular weight excluding hydrogens is 414 g/mol. The Morgan fingerprint density at radius 3 is 2.61 bits per heavy atom. The van der Waals surface area contributed by atoms with Crippen molar-refractivity contribution in [3.8, 4) is 5.75 Å². The van der Waals surface area contributed by atoms with Crippen molar-refractivity contribution in [2.45, 2.75) is 39.1 Å². The van der Waals surface area contributed by atoms with Crippen molar-refractivity contribution in [2.24, 2.45) is 5.73 Å². The molecule has 3 aromatic rings. The third kappa shape index (κ3) is 5.64. The van der Waals surface area contributed by atoms with E-state index in [1.807, 2.05) is 36.6 Å². The van der Waals surface area contributed by atoms with Crippen LogP contribution in [0.15, 0.2) is 47.6 Å². The zero-order valence-corrected chi connectivity index (χ0v) is 18.5. The lowest BCUT2D eigenvalue weighted by molar-refractivity contribution is -0.113. The molecule has 8 nitrogen and oxygen atoms in total. The maximum Gasteiger partial charge on any atom is 0.250 e. The number of amides is 2. The summed E-state index contributed by atoms with van der Waals surface area (Å²) in [4.78, 5) is 23.9. The van der Waals surface area contributed by atoms with Gasteiger partial charge < -0.3 is 20.4 Å². The number of nitrogens with one attached hydrogen (secondary N) is 1. The zero-order chi connectivity index (χ0) is 22.4. The molecule has 31 heavy (non-hydrogen) atoms. The number of nitrogens with zero attached hydrogens (tertiary/aromatic N) is 3. The topological polar surface area (TPSA) is 112 Å². The van der Waals surface area contributed by atoms with Gasteiger partial charge in [-0.15, -0.1) is 10.2 Å². The van der Waals surface area contributed by atoms with Gasteiger partial charge in [0.2, 0.25) is 5.91 Å². The van der Waals surface area contributed by atoms with Crippen LogP contribution >= 0.6 is 11.8 Å². The minimum atomic E-state index is -0.595. The molecular formula is C22H25N5O3S. The van der Waals surface area contributed by atoms with E-state index in [4.69, 9.17) is 10.5 Å². The average molecular weight is 440 g/mol. The van der Waals surface area contributed by atoms with Gasteiger partial charge in [0.1, 0.15) is 12.4 Å². The SMILES string of the molecule is CCn1c(COc2ccc(C)c(C)c2)nnc1SCC(=O)Nc1ccccc1C(N)=O. The number of aromatic nitrogens is 3. The predicted octanol–water partition coefficient (Wildman–Crippen LogP) is 3.32. The number of hydrogen-bond acceptors (Lipinski definition) is 6. The minimum Gasteiger partial charge on any atom is -0.486 e. The molecule has 3 N–H and O–H groups in total. The Bertz CT molecular complexity index is 1100. The van der Waals surface area contributed by atoms with Crippen LogP contribution in [0, 0.1) is 13.8 Å². The highest BCUT2D eigenvalue weighted by Crippen LogP contribution is 2.21. The fraction of sp³-hybridized carbons (Fsp3) is 0.273. The van der Waals surface area contributed by atoms with Crippen LogP contribution in [0.3, 0.4) is 0 Å². The number of nitrogens with two attached hydrogens (primary N) is 1. The van der Waals surface area contributed by atoms with Gasteiger partial charge in [0.25, 0.3) is 5.91 Å². The summed E-state index contributed by atoms with van der Waals surface area (Å²) in [5, 5.41) is 11.8. The number of para-hydroxylation sites is 1. The van der Waals surface area contributed by atoms with Crippen molar-refractivity contribution < 1.29 is 14.3 Å². The Morgan fingerprint density at radius 1 is 1.13 bits per heavy atom. The highest BCUT2D eigenvalue weighted by atomic mass is 32.2. The molecule has 0 unspecified atom stereocenters. The van der Waals surface area contributed by atoms with Crippen molar-refractivity contribution in [1.29, 1.82) is 0 Å². The maximum atomic E-state index is 12.4. The van der Waals surface area contributed by atoms with E-state index in [1.165, 1.54) is 17.3 Å². The first kappa shape index (κ1) is 22.4. The number of rotatable bonds is 9. The van der Waals surface area contributed by atoms with E-state index < -0.39 is 5.91 Å². The molecule has 0 saturated carbocycles. The second-order valence-corrected chi connectivity index (χ2v) is 7.87. The normalized spacial score (nSPS) is 10.7. The Labute approximate surface area is 185 Å². The van der Waals surface area contributed by atoms with Crippen LogP contribution in [0.25, 0.3) is 0 Å². The molecule has 2 amide bonds. The number of aryl methyl sites for hydroxylation is 2. The minimum absolute atomic E-state index is 0.114. The van der Waals surface area contributed by atoms with Gasteiger partial charge in [-0.2, -0.15) is 0 Å². The number of anilines is 1. The molecule has 162 valence electrons. The van der Waals surface area contributed by atoms with Crippen LogP contribution in [0.1, 0.15) is 34.2 Å². The molecule has 0 saturated heterocycles. The average Bonchev–Trinajstić information content (AvgIpc) is 3.15. The highest BCUT2D eigenvalue weighted by Gasteiger charge is 2.15. The smallest absolute Gasteiger partial charge is 0.250 e. The molecule has 0 bridgehead atoms. The number of benzene rings is 2. The summed E-state index contributed by atoms with van der Waals surface area (Å²) in [6.07, 6.45) is 0. The highest BCUT2D eigenvalue weighted by molar-refractivity contribution is 7.99. The van der Waals surface area contributed by atoms with E-state index >= 15 is 0 Å². The summed E-state index contributed by atoms with van der Waals surface area (Å²) in [7, 11) is 0. The molecule has 2 aromatic carbocycles. The number of thioether (sulfide) groups is 1. The molecule has 0 fully saturated rings. The summed E-state index contributed by atoms with van der Waals surface area (Å²) in [6.45, 7) is 7.00. The van der Waals surface area contributed by atoms with Gasteiger partial charge in [0.05, 0.1) is 17.0 Å². The van der Waals surface area contributed by atoms with Gasteiger partial charge >= 0.3 is 0 Å². The van der Waals surface area contributed by atoms with Gasteiger partial charge in [0.15, 0.2) is 11.0 Å². The van der Waals surface area contributed by atoms with Crippen LogP contribution in [0.4, 0.5) is 5.69 Å². The molecule has 3 rings (SSSR count). The van der Waals surface area contributed by atoms with Crippen LogP contribution < -0.4 is 15.8 Å². The number of carbonyl (C=O) groups is 2. The van der Waals surface area contributed by atoms with Crippen molar-refractivity contribution in [3.63, 3.8) is 0 Å². The Hall–Kier alpha value is -3.33. The third-order valence-corrected chi connectivity index (χ3v) is 5.72. The summed E-state index contributed by atoms with van der Waals surface area (Å²) < 4.78 is 7.78. The van der Waals surface area contributed by atoms with Gasteiger partial charge in [-0.25, -0.2) is 0 Å². The van der Waals surface area contributed by atoms with Crippen LogP contribution in [-0.2, 0) is 17.9 Å². The van der Waals surface area contributed by atoms with E-state index in [9.17, 15) is 9.59 Å². The maximum absolute atomic E-state index is 12.4. The first-order valence-electron chi connectivity index (χ1n) is 9.82. The first-order valence-corrected chi connectivity index (χ1v) is 10.8. The standard InChI is InChI=1S/C22H25N5O3S/c1-4-27-19(12-30-16-10-9-14(2)15(3)11-16)25-26-22(27)31-13-20(28)24-18-8-6-5-7-17(18)21(23)29/h5-11H,4,12-13H2,1-3H3,(H2,23,29)(H,24,28). The second-order valence-electron chi connectivity index (χ2n) is 6.92. The summed E-state index contributed by atoms with van der Waals surface area (Å²) >= 11 is 1.27. The van der Waals surface area contributed by atoms with Crippen LogP contribution in [0.5, 0.6) is 5.75 Å². The first-order chi connectivity index (χ1) is 14.9. The van der Waals surface area contributed by atoms with Crippen molar-refractivity contribution in [3.05, 3.63) is 65.0 Å². The lowest BCUT2D eigenvalue weighted by Gasteiger charge is -2.10. The summed E-state index contributed by atoms with van der Waals surface area (Å²) in [6, 6.07) is 12.6. The van der Waals surface area contributed by atoms with Crippen molar-refractivity contribution in [1.82, 2.24) is 14.8 Å². The molecule has 0 aliphatic heterocycles. The van der Waals surface area contributed by atoms with Gasteiger partial charge in [0, 0.05) is 6.54 Å². The Kier molecular flexibility index (Phi) is 7.30. The number of primary amides is 1. The van der Waals surface area contributed by atoms with E-state index in [1.54, 1.807) is 24.3 Å². The monoisotopic (exact) mass is 439 g/mol. The molecule has 1 aromatic heterocycles. The Morgan fingerprint density at radius 2 is 1.90 bits per heavy atom. The molecule has 0 aliphatic carbocycles. The molecule has 9 heteroatoms. The number of carbonyl (C=O) groups excluding carboxylic acids is 2. The quantitative estimate of drug-likeness (QED) is 0.495. The van der Waals surface area contributed by atoms with Crippen molar-refractivity contribution >= 4 is 29.3 Å². The van der Waals surface area contributed by atoms with E-state index in [0.717, 1.165) is 11.3 Å². The molecule has 0 aliphatic rings. The van der Waals surface area contributed by atoms with Gasteiger partial charge in [-0.05, 0) is 56.2 Å². The van der Waals surface area contributed by atoms with Crippen LogP contribution in [0.2, 0.25) is 0 Å². The van der Waals surface area contributed by atoms with Gasteiger partial charge in [-0.1, -0.05) is 30.0 Å². The predicted molar refractivity (Wildman–Crippen MR) is 120 cm³/mol. The lowest BCUT2D eigenvalue weighted by Crippen LogP contribution is -2.19. The second kappa shape index (κ2) is 10.1. The third-order valence-electron chi connectivity index (χ3n) is 4.75. The number of hydrogen-bond donors (Lipinski definition) is 2. The van der Waals surface area contributed by atoms with Gasteiger partial charge in [-0.3, -0.25) is 9.59 Å². The molecule has 0 spiro atoms. The fourth-order valence-corrected chi connectivity index (χ4v) is 3.75. The Balaban J connectivity index is 1.61. The van der Waals surface area contributed by atoms with E-state index in [0.29, 0.717) is 23.2 Å². The van der Waals surface area contributed by atoms with Crippen LogP contribution in [-0.4, -0.2) is 32.3 Å². The zero-order valence-electron chi connectivity index (χ0n) is 17.7. The number of ether oxygens (including phenoxy) is 1. The largest absolute Gasteiger partial charge is 0.486 e. The summed E-state index contributed by atoms with van der Waals surface area (Å²) in [5.41, 5.74) is 8.38. The van der Waals surface area contributed by atoms with E-state index in [2.05, 4.69) is 22.4 Å².